The molecule has 0 spiro atoms. The minimum absolute atomic E-state index is 0.0353. The van der Waals surface area contributed by atoms with Gasteiger partial charge in [-0.25, -0.2) is 0 Å². The number of carboxylic acid groups (broad SMARTS) is 2. The molecule has 0 saturated carbocycles. The quantitative estimate of drug-likeness (QED) is 0.225. The molecule has 1 unspecified atom stereocenters. The summed E-state index contributed by atoms with van der Waals surface area (Å²) in [7, 11) is 1.63. The lowest BCUT2D eigenvalue weighted by atomic mass is 10.1. The molecule has 1 rings (SSSR count). The van der Waals surface area contributed by atoms with Gasteiger partial charge in [0.2, 0.25) is 0 Å². The molecule has 1 saturated heterocycles. The van der Waals surface area contributed by atoms with Gasteiger partial charge < -0.3 is 20.6 Å². The maximum absolute atomic E-state index is 10.8. The van der Waals surface area contributed by atoms with Gasteiger partial charge >= 0.3 is 11.9 Å². The summed E-state index contributed by atoms with van der Waals surface area (Å²) in [6, 6.07) is -0.526. The third-order valence-electron chi connectivity index (χ3n) is 4.00. The van der Waals surface area contributed by atoms with Crippen molar-refractivity contribution in [2.75, 3.05) is 46.3 Å². The van der Waals surface area contributed by atoms with E-state index in [0.717, 1.165) is 12.8 Å². The summed E-state index contributed by atoms with van der Waals surface area (Å²) in [5.74, 6) is -1.68. The molecule has 0 aromatic carbocycles. The maximum atomic E-state index is 10.8. The van der Waals surface area contributed by atoms with E-state index >= 15 is 0 Å². The molecule has 9 nitrogen and oxygen atoms in total. The van der Waals surface area contributed by atoms with E-state index in [0.29, 0.717) is 39.1 Å². The summed E-state index contributed by atoms with van der Waals surface area (Å²) < 4.78 is 0. The van der Waals surface area contributed by atoms with Crippen LogP contribution in [0.4, 0.5) is 0 Å². The van der Waals surface area contributed by atoms with Crippen LogP contribution in [0.25, 0.3) is 0 Å². The van der Waals surface area contributed by atoms with Crippen LogP contribution in [0.5, 0.6) is 0 Å². The van der Waals surface area contributed by atoms with Crippen molar-refractivity contribution in [3.8, 4) is 0 Å². The van der Waals surface area contributed by atoms with Crippen LogP contribution in [-0.2, 0) is 9.59 Å². The first-order chi connectivity index (χ1) is 10.9. The zero-order chi connectivity index (χ0) is 17.2. The third-order valence-corrected chi connectivity index (χ3v) is 4.00. The standard InChI is InChI=1S/C14H28N4O5/c1-15-11(13(21)22)4-2-3-5-16-14(23)18-8-6-17(7-9-18)10-12(19)20/h11,14-16,23H,2-10H2,1H3,(H,19,20)(H,21,22)/t11-,14?/m0/s1. The predicted molar refractivity (Wildman–Crippen MR) is 84.0 cm³/mol. The normalized spacial score (nSPS) is 19.4. The minimum atomic E-state index is -0.847. The first-order valence-corrected chi connectivity index (χ1v) is 7.93. The van der Waals surface area contributed by atoms with Crippen molar-refractivity contribution >= 4 is 11.9 Å². The highest BCUT2D eigenvalue weighted by atomic mass is 16.4. The number of nitrogens with zero attached hydrogens (tertiary/aromatic N) is 2. The third kappa shape index (κ3) is 7.71. The molecular weight excluding hydrogens is 304 g/mol. The summed E-state index contributed by atoms with van der Waals surface area (Å²) >= 11 is 0. The number of hydrogen-bond acceptors (Lipinski definition) is 7. The number of likely N-dealkylation sites (N-methyl/N-ethyl adjacent to an activating group) is 1. The fourth-order valence-electron chi connectivity index (χ4n) is 2.58. The van der Waals surface area contributed by atoms with Crippen LogP contribution in [-0.4, -0.2) is 95.8 Å². The lowest BCUT2D eigenvalue weighted by molar-refractivity contribution is -0.140. The van der Waals surface area contributed by atoms with Crippen LogP contribution in [0.15, 0.2) is 0 Å². The second kappa shape index (κ2) is 10.5. The van der Waals surface area contributed by atoms with Crippen LogP contribution in [0, 0.1) is 0 Å². The second-order valence-electron chi connectivity index (χ2n) is 5.71. The lowest BCUT2D eigenvalue weighted by Gasteiger charge is -2.36. The van der Waals surface area contributed by atoms with Crippen LogP contribution < -0.4 is 10.6 Å². The molecule has 5 N–H and O–H groups in total. The Labute approximate surface area is 136 Å². The number of nitrogens with one attached hydrogen (secondary N) is 2. The van der Waals surface area contributed by atoms with Crippen molar-refractivity contribution in [3.05, 3.63) is 0 Å². The first-order valence-electron chi connectivity index (χ1n) is 7.93. The molecular formula is C14H28N4O5. The van der Waals surface area contributed by atoms with E-state index in [1.54, 1.807) is 7.05 Å². The predicted octanol–water partition coefficient (Wildman–Crippen LogP) is -1.60. The van der Waals surface area contributed by atoms with E-state index in [-0.39, 0.29) is 6.54 Å². The minimum Gasteiger partial charge on any atom is -0.480 e. The van der Waals surface area contributed by atoms with E-state index in [1.165, 1.54) is 0 Å². The number of hydrogen-bond donors (Lipinski definition) is 5. The van der Waals surface area contributed by atoms with Gasteiger partial charge in [-0.05, 0) is 26.4 Å². The van der Waals surface area contributed by atoms with E-state index in [2.05, 4.69) is 10.6 Å². The Bertz CT molecular complexity index is 374. The zero-order valence-electron chi connectivity index (χ0n) is 13.6. The molecule has 1 fully saturated rings. The second-order valence-corrected chi connectivity index (χ2v) is 5.71. The van der Waals surface area contributed by atoms with Crippen molar-refractivity contribution in [2.24, 2.45) is 0 Å². The SMILES string of the molecule is CN[C@@H](CCCCNC(O)N1CCN(CC(=O)O)CC1)C(=O)O. The van der Waals surface area contributed by atoms with Crippen molar-refractivity contribution in [2.45, 2.75) is 31.7 Å². The largest absolute Gasteiger partial charge is 0.480 e. The Morgan fingerprint density at radius 1 is 1.13 bits per heavy atom. The highest BCUT2D eigenvalue weighted by molar-refractivity contribution is 5.73. The highest BCUT2D eigenvalue weighted by Crippen LogP contribution is 2.04. The van der Waals surface area contributed by atoms with Crippen LogP contribution in [0.1, 0.15) is 19.3 Å². The first kappa shape index (κ1) is 19.8. The number of aliphatic hydroxyl groups excluding tert-OH is 1. The molecule has 23 heavy (non-hydrogen) atoms. The topological polar surface area (TPSA) is 125 Å². The van der Waals surface area contributed by atoms with Gasteiger partial charge in [-0.3, -0.25) is 24.7 Å². The van der Waals surface area contributed by atoms with Crippen LogP contribution in [0.3, 0.4) is 0 Å². The smallest absolute Gasteiger partial charge is 0.320 e. The molecule has 0 aliphatic carbocycles. The maximum Gasteiger partial charge on any atom is 0.320 e. The van der Waals surface area contributed by atoms with E-state index in [4.69, 9.17) is 10.2 Å². The molecule has 0 aromatic rings. The number of piperazine rings is 1. The Balaban J connectivity index is 2.12. The Morgan fingerprint density at radius 2 is 1.78 bits per heavy atom. The van der Waals surface area contributed by atoms with Crippen molar-refractivity contribution in [1.29, 1.82) is 0 Å². The number of unbranched alkanes of at least 4 members (excludes halogenated alkanes) is 1. The Morgan fingerprint density at radius 3 is 2.30 bits per heavy atom. The van der Waals surface area contributed by atoms with Crippen molar-refractivity contribution in [3.63, 3.8) is 0 Å². The fraction of sp³-hybridized carbons (Fsp3) is 0.857. The van der Waals surface area contributed by atoms with Crippen LogP contribution >= 0.6 is 0 Å². The Kier molecular flexibility index (Phi) is 9.03. The summed E-state index contributed by atoms with van der Waals surface area (Å²) in [4.78, 5) is 25.2. The van der Waals surface area contributed by atoms with Gasteiger partial charge in [0.25, 0.3) is 0 Å². The van der Waals surface area contributed by atoms with Gasteiger partial charge in [-0.1, -0.05) is 6.42 Å². The summed E-state index contributed by atoms with van der Waals surface area (Å²) in [6.07, 6.45) is 1.34. The van der Waals surface area contributed by atoms with Gasteiger partial charge in [-0.15, -0.1) is 0 Å². The molecule has 134 valence electrons. The van der Waals surface area contributed by atoms with E-state index < -0.39 is 24.3 Å². The summed E-state index contributed by atoms with van der Waals surface area (Å²) in [6.45, 7) is 3.10. The number of aliphatic carboxylic acids is 2. The lowest BCUT2D eigenvalue weighted by Crippen LogP contribution is -2.55. The molecule has 1 heterocycles. The van der Waals surface area contributed by atoms with Crippen molar-refractivity contribution in [1.82, 2.24) is 20.4 Å². The molecule has 1 aliphatic heterocycles. The average molecular weight is 332 g/mol. The highest BCUT2D eigenvalue weighted by Gasteiger charge is 2.22. The molecule has 0 bridgehead atoms. The zero-order valence-corrected chi connectivity index (χ0v) is 13.6. The molecule has 2 atom stereocenters. The molecule has 1 aliphatic rings. The Hall–Kier alpha value is -1.26. The molecule has 0 aromatic heterocycles. The summed E-state index contributed by atoms with van der Waals surface area (Å²) in [5, 5.41) is 33.5. The molecule has 9 heteroatoms. The number of carbonyl (C=O) groups is 2. The number of aliphatic hydroxyl groups is 1. The summed E-state index contributed by atoms with van der Waals surface area (Å²) in [5.41, 5.74) is 0. The van der Waals surface area contributed by atoms with Crippen molar-refractivity contribution < 1.29 is 24.9 Å². The van der Waals surface area contributed by atoms with Gasteiger partial charge in [0, 0.05) is 26.2 Å². The van der Waals surface area contributed by atoms with E-state index in [1.807, 2.05) is 9.80 Å². The monoisotopic (exact) mass is 332 g/mol. The molecule has 0 amide bonds. The van der Waals surface area contributed by atoms with Crippen LogP contribution in [0.2, 0.25) is 0 Å². The fourth-order valence-corrected chi connectivity index (χ4v) is 2.58. The van der Waals surface area contributed by atoms with Gasteiger partial charge in [0.15, 0.2) is 6.35 Å². The van der Waals surface area contributed by atoms with Gasteiger partial charge in [-0.2, -0.15) is 0 Å². The van der Waals surface area contributed by atoms with Gasteiger partial charge in [0.05, 0.1) is 6.54 Å². The van der Waals surface area contributed by atoms with Gasteiger partial charge in [0.1, 0.15) is 6.04 Å². The molecule has 0 radical (unpaired) electrons. The number of rotatable bonds is 11. The number of carboxylic acids is 2. The van der Waals surface area contributed by atoms with E-state index in [9.17, 15) is 14.7 Å². The average Bonchev–Trinajstić information content (AvgIpc) is 2.50.